The molecule has 1 fully saturated rings. The van der Waals surface area contributed by atoms with Gasteiger partial charge in [0.1, 0.15) is 11.9 Å². The number of carbonyl (C=O) groups excluding carboxylic acids is 2. The molecule has 3 rings (SSSR count). The van der Waals surface area contributed by atoms with Crippen LogP contribution < -0.4 is 11.1 Å². The first kappa shape index (κ1) is 22.0. The minimum absolute atomic E-state index is 0.0584. The number of nitrogens with one attached hydrogen (secondary N) is 1. The highest BCUT2D eigenvalue weighted by molar-refractivity contribution is 6.28. The van der Waals surface area contributed by atoms with Crippen molar-refractivity contribution in [2.24, 2.45) is 5.92 Å². The van der Waals surface area contributed by atoms with E-state index in [1.54, 1.807) is 25.3 Å². The second-order valence-corrected chi connectivity index (χ2v) is 8.02. The highest BCUT2D eigenvalue weighted by atomic mass is 35.5. The number of piperidine rings is 1. The zero-order valence-electron chi connectivity index (χ0n) is 17.3. The molecular formula is C21H27ClN6O2. The number of halogens is 1. The van der Waals surface area contributed by atoms with Crippen LogP contribution in [-0.4, -0.2) is 50.8 Å². The Kier molecular flexibility index (Phi) is 7.20. The molecule has 9 heteroatoms. The summed E-state index contributed by atoms with van der Waals surface area (Å²) < 4.78 is 0. The van der Waals surface area contributed by atoms with Gasteiger partial charge < -0.3 is 16.0 Å². The van der Waals surface area contributed by atoms with E-state index in [9.17, 15) is 9.59 Å². The fourth-order valence-corrected chi connectivity index (χ4v) is 4.01. The third-order valence-corrected chi connectivity index (χ3v) is 5.76. The monoisotopic (exact) mass is 430 g/mol. The molecule has 1 atom stereocenters. The summed E-state index contributed by atoms with van der Waals surface area (Å²) in [4.78, 5) is 38.9. The molecule has 0 spiro atoms. The smallest absolute Gasteiger partial charge is 0.253 e. The number of hydrogen-bond donors (Lipinski definition) is 2. The van der Waals surface area contributed by atoms with E-state index < -0.39 is 6.04 Å². The fourth-order valence-electron chi connectivity index (χ4n) is 3.80. The van der Waals surface area contributed by atoms with Crippen LogP contribution in [0.2, 0.25) is 5.28 Å². The van der Waals surface area contributed by atoms with E-state index in [0.29, 0.717) is 30.4 Å². The number of nitrogen functional groups attached to an aromatic ring is 1. The van der Waals surface area contributed by atoms with Gasteiger partial charge >= 0.3 is 0 Å². The van der Waals surface area contributed by atoms with Crippen LogP contribution in [0.5, 0.6) is 0 Å². The lowest BCUT2D eigenvalue weighted by Gasteiger charge is -2.33. The zero-order valence-corrected chi connectivity index (χ0v) is 18.0. The number of pyridine rings is 1. The Morgan fingerprint density at radius 3 is 2.70 bits per heavy atom. The summed E-state index contributed by atoms with van der Waals surface area (Å²) in [7, 11) is 0. The third-order valence-electron chi connectivity index (χ3n) is 5.59. The normalized spacial score (nSPS) is 15.6. The summed E-state index contributed by atoms with van der Waals surface area (Å²) in [5.41, 5.74) is 8.20. The lowest BCUT2D eigenvalue weighted by molar-refractivity contribution is -0.134. The Morgan fingerprint density at radius 1 is 1.33 bits per heavy atom. The molecule has 2 aromatic heterocycles. The number of likely N-dealkylation sites (tertiary alicyclic amines) is 1. The summed E-state index contributed by atoms with van der Waals surface area (Å²) in [5, 5.41) is 2.93. The van der Waals surface area contributed by atoms with Gasteiger partial charge in [-0.05, 0) is 69.2 Å². The minimum Gasteiger partial charge on any atom is -0.383 e. The quantitative estimate of drug-likeness (QED) is 0.680. The molecule has 1 aliphatic rings. The molecule has 3 heterocycles. The maximum absolute atomic E-state index is 12.7. The largest absolute Gasteiger partial charge is 0.383 e. The van der Waals surface area contributed by atoms with Gasteiger partial charge in [-0.1, -0.05) is 0 Å². The average molecular weight is 431 g/mol. The Morgan fingerprint density at radius 2 is 2.07 bits per heavy atom. The van der Waals surface area contributed by atoms with E-state index in [1.807, 2.05) is 11.8 Å². The molecule has 3 N–H and O–H groups in total. The van der Waals surface area contributed by atoms with E-state index >= 15 is 0 Å². The predicted molar refractivity (Wildman–Crippen MR) is 115 cm³/mol. The van der Waals surface area contributed by atoms with Crippen LogP contribution in [0.3, 0.4) is 0 Å². The van der Waals surface area contributed by atoms with Crippen molar-refractivity contribution < 1.29 is 9.59 Å². The number of anilines is 1. The predicted octanol–water partition coefficient (Wildman–Crippen LogP) is 2.41. The number of amides is 2. The Hall–Kier alpha value is -2.74. The molecule has 1 aliphatic heterocycles. The summed E-state index contributed by atoms with van der Waals surface area (Å²) in [6, 6.07) is 2.78. The zero-order chi connectivity index (χ0) is 21.7. The average Bonchev–Trinajstić information content (AvgIpc) is 2.73. The highest BCUT2D eigenvalue weighted by Crippen LogP contribution is 2.25. The maximum atomic E-state index is 12.7. The van der Waals surface area contributed by atoms with Gasteiger partial charge in [-0.3, -0.25) is 14.6 Å². The molecule has 0 bridgehead atoms. The molecule has 1 saturated heterocycles. The van der Waals surface area contributed by atoms with Crippen LogP contribution in [-0.2, 0) is 11.2 Å². The van der Waals surface area contributed by atoms with E-state index in [-0.39, 0.29) is 17.1 Å². The van der Waals surface area contributed by atoms with Crippen molar-refractivity contribution in [1.82, 2.24) is 25.2 Å². The van der Waals surface area contributed by atoms with Crippen molar-refractivity contribution in [2.75, 3.05) is 18.8 Å². The number of hydrogen-bond acceptors (Lipinski definition) is 6. The first-order valence-electron chi connectivity index (χ1n) is 10.1. The van der Waals surface area contributed by atoms with Gasteiger partial charge in [0, 0.05) is 36.7 Å². The number of carbonyl (C=O) groups is 2. The molecule has 2 aromatic rings. The molecule has 0 aromatic carbocycles. The molecule has 8 nitrogen and oxygen atoms in total. The van der Waals surface area contributed by atoms with Gasteiger partial charge in [0.25, 0.3) is 5.91 Å². The lowest BCUT2D eigenvalue weighted by Crippen LogP contribution is -2.49. The van der Waals surface area contributed by atoms with Gasteiger partial charge in [-0.2, -0.15) is 0 Å². The second kappa shape index (κ2) is 9.84. The van der Waals surface area contributed by atoms with Crippen molar-refractivity contribution in [3.63, 3.8) is 0 Å². The van der Waals surface area contributed by atoms with Crippen molar-refractivity contribution >= 4 is 29.2 Å². The number of aryl methyl sites for hydroxylation is 1. The number of aromatic nitrogens is 3. The van der Waals surface area contributed by atoms with Gasteiger partial charge in [0.05, 0.1) is 5.56 Å². The Balaban J connectivity index is 1.47. The maximum Gasteiger partial charge on any atom is 0.253 e. The van der Waals surface area contributed by atoms with Crippen LogP contribution in [0, 0.1) is 12.8 Å². The van der Waals surface area contributed by atoms with Gasteiger partial charge in [-0.25, -0.2) is 9.97 Å². The fraction of sp³-hybridized carbons (Fsp3) is 0.476. The van der Waals surface area contributed by atoms with Gasteiger partial charge in [0.15, 0.2) is 0 Å². The van der Waals surface area contributed by atoms with E-state index in [1.165, 1.54) is 6.20 Å². The van der Waals surface area contributed by atoms with Crippen LogP contribution in [0.4, 0.5) is 5.82 Å². The molecule has 2 amide bonds. The topological polar surface area (TPSA) is 114 Å². The molecule has 160 valence electrons. The van der Waals surface area contributed by atoms with Crippen LogP contribution >= 0.6 is 11.6 Å². The summed E-state index contributed by atoms with van der Waals surface area (Å²) in [5.74, 6) is 0.593. The van der Waals surface area contributed by atoms with Crippen molar-refractivity contribution in [3.8, 4) is 0 Å². The van der Waals surface area contributed by atoms with Crippen molar-refractivity contribution in [2.45, 2.75) is 45.6 Å². The summed E-state index contributed by atoms with van der Waals surface area (Å²) in [6.45, 7) is 4.97. The standard InChI is InChI=1S/C21H27ClN6O2/c1-13-17(18(23)27-21(22)26-13)6-5-15-7-10-28(11-8-15)20(30)14(2)25-19(29)16-4-3-9-24-12-16/h3-4,9,12,14-15H,5-8,10-11H2,1-2H3,(H,25,29)(H2,23,26,27)/t14-/m0/s1. The highest BCUT2D eigenvalue weighted by Gasteiger charge is 2.27. The first-order chi connectivity index (χ1) is 14.3. The van der Waals surface area contributed by atoms with E-state index in [4.69, 9.17) is 17.3 Å². The summed E-state index contributed by atoms with van der Waals surface area (Å²) >= 11 is 5.84. The summed E-state index contributed by atoms with van der Waals surface area (Å²) in [6.07, 6.45) is 6.69. The van der Waals surface area contributed by atoms with E-state index in [0.717, 1.165) is 36.9 Å². The molecule has 0 radical (unpaired) electrons. The number of nitrogens with zero attached hydrogens (tertiary/aromatic N) is 4. The van der Waals surface area contributed by atoms with E-state index in [2.05, 4.69) is 20.3 Å². The van der Waals surface area contributed by atoms with Gasteiger partial charge in [-0.15, -0.1) is 0 Å². The first-order valence-corrected chi connectivity index (χ1v) is 10.5. The Labute approximate surface area is 181 Å². The number of nitrogens with two attached hydrogens (primary N) is 1. The SMILES string of the molecule is Cc1nc(Cl)nc(N)c1CCC1CCN(C(=O)[C@H](C)NC(=O)c2cccnc2)CC1. The van der Waals surface area contributed by atoms with Crippen molar-refractivity contribution in [1.29, 1.82) is 0 Å². The molecule has 30 heavy (non-hydrogen) atoms. The van der Waals surface area contributed by atoms with Gasteiger partial charge in [0.2, 0.25) is 11.2 Å². The number of rotatable bonds is 6. The molecule has 0 aliphatic carbocycles. The van der Waals surface area contributed by atoms with Crippen molar-refractivity contribution in [3.05, 3.63) is 46.6 Å². The third kappa shape index (κ3) is 5.44. The Bertz CT molecular complexity index is 877. The molecule has 0 saturated carbocycles. The van der Waals surface area contributed by atoms with Crippen LogP contribution in [0.1, 0.15) is 47.8 Å². The minimum atomic E-state index is -0.581. The van der Waals surface area contributed by atoms with Crippen LogP contribution in [0.25, 0.3) is 0 Å². The lowest BCUT2D eigenvalue weighted by atomic mass is 9.90. The molecule has 0 unspecified atom stereocenters. The molecular weight excluding hydrogens is 404 g/mol. The van der Waals surface area contributed by atoms with Crippen LogP contribution in [0.15, 0.2) is 24.5 Å². The second-order valence-electron chi connectivity index (χ2n) is 7.69.